The summed E-state index contributed by atoms with van der Waals surface area (Å²) in [6.45, 7) is 0. The fourth-order valence-electron chi connectivity index (χ4n) is 2.17. The van der Waals surface area contributed by atoms with Crippen molar-refractivity contribution in [1.29, 1.82) is 0 Å². The van der Waals surface area contributed by atoms with E-state index in [1.54, 1.807) is 29.5 Å². The number of anilines is 1. The molecule has 1 aromatic carbocycles. The molecule has 0 aliphatic carbocycles. The molecular weight excluding hydrogens is 270 g/mol. The van der Waals surface area contributed by atoms with Crippen LogP contribution in [0.1, 0.15) is 27.9 Å². The van der Waals surface area contributed by atoms with Gasteiger partial charge in [0.15, 0.2) is 5.78 Å². The minimum Gasteiger partial charge on any atom is -0.326 e. The Morgan fingerprint density at radius 2 is 2.15 bits per heavy atom. The standard InChI is InChI=1S/C16H13NO2S/c18-15(5-1-11-7-8-20-10-11)13-2-4-14-12(9-13)3-6-16(19)17-14/h1-2,4-5,7-10H,3,6H2,(H,17,19)/b5-1+. The van der Waals surface area contributed by atoms with Crippen molar-refractivity contribution in [3.63, 3.8) is 0 Å². The van der Waals surface area contributed by atoms with Crippen LogP contribution in [-0.2, 0) is 11.2 Å². The first kappa shape index (κ1) is 12.8. The molecule has 2 heterocycles. The number of nitrogens with one attached hydrogen (secondary N) is 1. The largest absolute Gasteiger partial charge is 0.326 e. The number of ketones is 1. The molecule has 2 aromatic rings. The molecule has 1 N–H and O–H groups in total. The summed E-state index contributed by atoms with van der Waals surface area (Å²) in [5.41, 5.74) is 3.54. The SMILES string of the molecule is O=C1CCc2cc(C(=O)/C=C/c3ccsc3)ccc2N1. The molecule has 0 spiro atoms. The van der Waals surface area contributed by atoms with E-state index in [0.717, 1.165) is 16.8 Å². The van der Waals surface area contributed by atoms with Gasteiger partial charge in [0.1, 0.15) is 0 Å². The molecule has 0 radical (unpaired) electrons. The number of benzene rings is 1. The van der Waals surface area contributed by atoms with Gasteiger partial charge in [0.05, 0.1) is 0 Å². The Kier molecular flexibility index (Phi) is 3.48. The van der Waals surface area contributed by atoms with Crippen LogP contribution in [0.2, 0.25) is 0 Å². The molecular formula is C16H13NO2S. The Balaban J connectivity index is 1.80. The van der Waals surface area contributed by atoms with E-state index in [9.17, 15) is 9.59 Å². The number of allylic oxidation sites excluding steroid dienone is 1. The second-order valence-electron chi connectivity index (χ2n) is 4.67. The van der Waals surface area contributed by atoms with Gasteiger partial charge in [-0.2, -0.15) is 11.3 Å². The van der Waals surface area contributed by atoms with Crippen molar-refractivity contribution in [3.8, 4) is 0 Å². The highest BCUT2D eigenvalue weighted by molar-refractivity contribution is 7.08. The Hall–Kier alpha value is -2.20. The molecule has 20 heavy (non-hydrogen) atoms. The molecule has 3 rings (SSSR count). The maximum absolute atomic E-state index is 12.1. The van der Waals surface area contributed by atoms with Crippen molar-refractivity contribution in [2.75, 3.05) is 5.32 Å². The molecule has 0 bridgehead atoms. The van der Waals surface area contributed by atoms with Gasteiger partial charge in [-0.15, -0.1) is 0 Å². The predicted octanol–water partition coefficient (Wildman–Crippen LogP) is 3.53. The van der Waals surface area contributed by atoms with Crippen LogP contribution in [0.3, 0.4) is 0 Å². The van der Waals surface area contributed by atoms with E-state index in [1.807, 2.05) is 29.0 Å². The summed E-state index contributed by atoms with van der Waals surface area (Å²) in [4.78, 5) is 23.4. The lowest BCUT2D eigenvalue weighted by atomic mass is 9.98. The summed E-state index contributed by atoms with van der Waals surface area (Å²) in [7, 11) is 0. The van der Waals surface area contributed by atoms with Gasteiger partial charge in [0, 0.05) is 17.7 Å². The lowest BCUT2D eigenvalue weighted by Gasteiger charge is -2.16. The summed E-state index contributed by atoms with van der Waals surface area (Å²) in [5, 5.41) is 6.78. The molecule has 3 nitrogen and oxygen atoms in total. The molecule has 1 aromatic heterocycles. The number of thiophene rings is 1. The monoisotopic (exact) mass is 283 g/mol. The van der Waals surface area contributed by atoms with Crippen LogP contribution in [0.15, 0.2) is 41.1 Å². The minimum absolute atomic E-state index is 0.0177. The van der Waals surface area contributed by atoms with Gasteiger partial charge in [-0.05, 0) is 58.6 Å². The van der Waals surface area contributed by atoms with Gasteiger partial charge < -0.3 is 5.32 Å². The molecule has 100 valence electrons. The van der Waals surface area contributed by atoms with Gasteiger partial charge in [0.25, 0.3) is 0 Å². The Bertz CT molecular complexity index is 687. The van der Waals surface area contributed by atoms with Crippen molar-refractivity contribution < 1.29 is 9.59 Å². The summed E-state index contributed by atoms with van der Waals surface area (Å²) in [6.07, 6.45) is 4.58. The smallest absolute Gasteiger partial charge is 0.224 e. The Morgan fingerprint density at radius 1 is 1.25 bits per heavy atom. The number of carbonyl (C=O) groups is 2. The molecule has 0 atom stereocenters. The fraction of sp³-hybridized carbons (Fsp3) is 0.125. The maximum atomic E-state index is 12.1. The highest BCUT2D eigenvalue weighted by Crippen LogP contribution is 2.24. The first-order valence-corrected chi connectivity index (χ1v) is 7.34. The molecule has 1 amide bonds. The second kappa shape index (κ2) is 5.43. The van der Waals surface area contributed by atoms with Crippen molar-refractivity contribution in [3.05, 3.63) is 57.8 Å². The van der Waals surface area contributed by atoms with Crippen molar-refractivity contribution in [2.24, 2.45) is 0 Å². The maximum Gasteiger partial charge on any atom is 0.224 e. The first-order valence-electron chi connectivity index (χ1n) is 6.40. The molecule has 0 saturated heterocycles. The van der Waals surface area contributed by atoms with Crippen LogP contribution in [0.5, 0.6) is 0 Å². The summed E-state index contributed by atoms with van der Waals surface area (Å²) in [5.74, 6) is 0.0184. The number of amides is 1. The molecule has 1 aliphatic rings. The predicted molar refractivity (Wildman–Crippen MR) is 81.1 cm³/mol. The molecule has 0 fully saturated rings. The highest BCUT2D eigenvalue weighted by atomic mass is 32.1. The summed E-state index contributed by atoms with van der Waals surface area (Å²) >= 11 is 1.60. The third-order valence-corrected chi connectivity index (χ3v) is 3.96. The van der Waals surface area contributed by atoms with Crippen molar-refractivity contribution >= 4 is 34.8 Å². The molecule has 0 saturated carbocycles. The molecule has 4 heteroatoms. The highest BCUT2D eigenvalue weighted by Gasteiger charge is 2.15. The van der Waals surface area contributed by atoms with Gasteiger partial charge in [-0.25, -0.2) is 0 Å². The topological polar surface area (TPSA) is 46.2 Å². The van der Waals surface area contributed by atoms with Crippen LogP contribution in [0.4, 0.5) is 5.69 Å². The Labute approximate surface area is 120 Å². The van der Waals surface area contributed by atoms with Gasteiger partial charge in [-0.1, -0.05) is 6.08 Å². The van der Waals surface area contributed by atoms with E-state index < -0.39 is 0 Å². The number of hydrogen-bond donors (Lipinski definition) is 1. The first-order chi connectivity index (χ1) is 9.72. The number of hydrogen-bond acceptors (Lipinski definition) is 3. The van der Waals surface area contributed by atoms with E-state index in [4.69, 9.17) is 0 Å². The summed E-state index contributed by atoms with van der Waals surface area (Å²) < 4.78 is 0. The van der Waals surface area contributed by atoms with E-state index in [2.05, 4.69) is 5.32 Å². The zero-order valence-electron chi connectivity index (χ0n) is 10.8. The van der Waals surface area contributed by atoms with Crippen LogP contribution in [0, 0.1) is 0 Å². The minimum atomic E-state index is -0.0177. The quantitative estimate of drug-likeness (QED) is 0.692. The fourth-order valence-corrected chi connectivity index (χ4v) is 2.80. The van der Waals surface area contributed by atoms with Crippen LogP contribution >= 0.6 is 11.3 Å². The van der Waals surface area contributed by atoms with E-state index in [-0.39, 0.29) is 11.7 Å². The number of carbonyl (C=O) groups excluding carboxylic acids is 2. The van der Waals surface area contributed by atoms with Crippen LogP contribution in [0.25, 0.3) is 6.08 Å². The van der Waals surface area contributed by atoms with E-state index >= 15 is 0 Å². The average molecular weight is 283 g/mol. The van der Waals surface area contributed by atoms with Crippen LogP contribution in [-0.4, -0.2) is 11.7 Å². The van der Waals surface area contributed by atoms with Gasteiger partial charge >= 0.3 is 0 Å². The van der Waals surface area contributed by atoms with Crippen LogP contribution < -0.4 is 5.32 Å². The second-order valence-corrected chi connectivity index (χ2v) is 5.45. The molecule has 1 aliphatic heterocycles. The number of fused-ring (bicyclic) bond motifs is 1. The van der Waals surface area contributed by atoms with Gasteiger partial charge in [-0.3, -0.25) is 9.59 Å². The average Bonchev–Trinajstić information content (AvgIpc) is 2.97. The van der Waals surface area contributed by atoms with Crippen molar-refractivity contribution in [1.82, 2.24) is 0 Å². The van der Waals surface area contributed by atoms with Gasteiger partial charge in [0.2, 0.25) is 5.91 Å². The lowest BCUT2D eigenvalue weighted by molar-refractivity contribution is -0.116. The normalized spacial score (nSPS) is 14.1. The summed E-state index contributed by atoms with van der Waals surface area (Å²) in [6, 6.07) is 7.40. The zero-order valence-corrected chi connectivity index (χ0v) is 11.6. The third-order valence-electron chi connectivity index (χ3n) is 3.26. The Morgan fingerprint density at radius 3 is 2.95 bits per heavy atom. The lowest BCUT2D eigenvalue weighted by Crippen LogP contribution is -2.19. The van der Waals surface area contributed by atoms with Crippen molar-refractivity contribution in [2.45, 2.75) is 12.8 Å². The van der Waals surface area contributed by atoms with E-state index in [1.165, 1.54) is 0 Å². The number of aryl methyl sites for hydroxylation is 1. The zero-order chi connectivity index (χ0) is 13.9. The molecule has 0 unspecified atom stereocenters. The van der Waals surface area contributed by atoms with E-state index in [0.29, 0.717) is 18.4 Å². The number of rotatable bonds is 3. The third kappa shape index (κ3) is 2.70.